The highest BCUT2D eigenvalue weighted by molar-refractivity contribution is 7.09. The number of fused-ring (bicyclic) bond motifs is 1. The fourth-order valence-electron chi connectivity index (χ4n) is 5.79. The van der Waals surface area contributed by atoms with Gasteiger partial charge in [0.1, 0.15) is 16.5 Å². The van der Waals surface area contributed by atoms with Crippen LogP contribution >= 0.6 is 11.3 Å². The number of carbonyl (C=O) groups is 2. The third-order valence-electron chi connectivity index (χ3n) is 7.97. The number of H-pyrrole nitrogens is 1. The van der Waals surface area contributed by atoms with Crippen molar-refractivity contribution < 1.29 is 14.0 Å². The number of benzene rings is 2. The number of piperidine rings is 1. The highest BCUT2D eigenvalue weighted by atomic mass is 32.1. The molecule has 1 saturated heterocycles. The molecule has 222 valence electrons. The zero-order valence-electron chi connectivity index (χ0n) is 23.9. The van der Waals surface area contributed by atoms with E-state index in [4.69, 9.17) is 0 Å². The van der Waals surface area contributed by atoms with Crippen LogP contribution in [0.15, 0.2) is 77.0 Å². The minimum Gasteiger partial charge on any atom is -0.343 e. The fraction of sp³-hybridized carbons (Fsp3) is 0.312. The molecule has 0 saturated carbocycles. The number of carbonyl (C=O) groups excluding carboxylic acids is 2. The average molecular weight is 601 g/mol. The van der Waals surface area contributed by atoms with E-state index in [1.807, 2.05) is 63.6 Å². The SMILES string of the molecule is CCCN(Cc1cccn1Cc1nc(C(=O)N2CCC(n3c(=O)[nH]c4ccccc43)CC2)cs1)C(=O)c1ccc(F)cc1. The van der Waals surface area contributed by atoms with E-state index in [1.165, 1.54) is 35.6 Å². The first-order chi connectivity index (χ1) is 20.9. The first kappa shape index (κ1) is 28.6. The largest absolute Gasteiger partial charge is 0.343 e. The number of hydrogen-bond donors (Lipinski definition) is 1. The second-order valence-electron chi connectivity index (χ2n) is 10.8. The standard InChI is InChI=1S/C32H33FN6O3S/c1-2-15-38(30(40)22-9-11-23(33)12-10-22)19-25-6-5-16-37(25)20-29-34-27(21-43-29)31(41)36-17-13-24(14-18-36)39-28-8-4-3-7-26(28)35-32(39)42/h3-12,16,21,24H,2,13-15,17-20H2,1H3,(H,35,42). The number of aromatic amines is 1. The molecule has 0 atom stereocenters. The maximum atomic E-state index is 13.4. The Kier molecular flexibility index (Phi) is 8.24. The van der Waals surface area contributed by atoms with Crippen molar-refractivity contribution in [3.63, 3.8) is 0 Å². The van der Waals surface area contributed by atoms with Crippen LogP contribution in [-0.2, 0) is 13.1 Å². The van der Waals surface area contributed by atoms with Gasteiger partial charge in [0.15, 0.2) is 0 Å². The minimum absolute atomic E-state index is 0.0352. The molecule has 9 nitrogen and oxygen atoms in total. The van der Waals surface area contributed by atoms with E-state index < -0.39 is 0 Å². The zero-order valence-corrected chi connectivity index (χ0v) is 24.7. The molecule has 4 heterocycles. The van der Waals surface area contributed by atoms with Crippen LogP contribution in [0, 0.1) is 5.82 Å². The van der Waals surface area contributed by atoms with Gasteiger partial charge < -0.3 is 19.4 Å². The number of aromatic nitrogens is 4. The van der Waals surface area contributed by atoms with Crippen molar-refractivity contribution >= 4 is 34.2 Å². The Balaban J connectivity index is 1.09. The van der Waals surface area contributed by atoms with Crippen molar-refractivity contribution in [1.29, 1.82) is 0 Å². The molecule has 11 heteroatoms. The molecular formula is C32H33FN6O3S. The summed E-state index contributed by atoms with van der Waals surface area (Å²) in [6.45, 7) is 4.59. The summed E-state index contributed by atoms with van der Waals surface area (Å²) < 4.78 is 17.2. The van der Waals surface area contributed by atoms with Gasteiger partial charge in [-0.05, 0) is 67.8 Å². The van der Waals surface area contributed by atoms with E-state index in [0.29, 0.717) is 56.8 Å². The van der Waals surface area contributed by atoms with E-state index >= 15 is 0 Å². The van der Waals surface area contributed by atoms with Crippen LogP contribution in [0.2, 0.25) is 0 Å². The van der Waals surface area contributed by atoms with Crippen molar-refractivity contribution in [2.24, 2.45) is 0 Å². The number of thiazole rings is 1. The molecule has 1 fully saturated rings. The molecule has 1 aliphatic heterocycles. The van der Waals surface area contributed by atoms with E-state index in [9.17, 15) is 18.8 Å². The first-order valence-electron chi connectivity index (χ1n) is 14.5. The normalized spacial score (nSPS) is 14.0. The summed E-state index contributed by atoms with van der Waals surface area (Å²) in [5.41, 5.74) is 3.43. The molecule has 0 radical (unpaired) electrons. The Morgan fingerprint density at radius 1 is 1.07 bits per heavy atom. The van der Waals surface area contributed by atoms with Gasteiger partial charge in [0.2, 0.25) is 0 Å². The maximum absolute atomic E-state index is 13.4. The highest BCUT2D eigenvalue weighted by Gasteiger charge is 2.28. The molecule has 1 aliphatic rings. The van der Waals surface area contributed by atoms with Gasteiger partial charge in [0, 0.05) is 48.5 Å². The quantitative estimate of drug-likeness (QED) is 0.248. The molecule has 0 aliphatic carbocycles. The van der Waals surface area contributed by atoms with Crippen LogP contribution < -0.4 is 5.69 Å². The molecule has 1 N–H and O–H groups in total. The summed E-state index contributed by atoms with van der Waals surface area (Å²) in [4.78, 5) is 50.3. The fourth-order valence-corrected chi connectivity index (χ4v) is 6.56. The van der Waals surface area contributed by atoms with Gasteiger partial charge >= 0.3 is 5.69 Å². The van der Waals surface area contributed by atoms with Crippen LogP contribution in [0.1, 0.15) is 63.8 Å². The van der Waals surface area contributed by atoms with E-state index in [1.54, 1.807) is 10.3 Å². The molecule has 6 rings (SSSR count). The summed E-state index contributed by atoms with van der Waals surface area (Å²) in [6, 6.07) is 17.2. The van der Waals surface area contributed by atoms with Crippen LogP contribution in [0.3, 0.4) is 0 Å². The number of hydrogen-bond acceptors (Lipinski definition) is 5. The molecule has 2 aromatic carbocycles. The van der Waals surface area contributed by atoms with Crippen molar-refractivity contribution in [2.45, 2.75) is 45.3 Å². The Hall–Kier alpha value is -4.51. The van der Waals surface area contributed by atoms with Gasteiger partial charge in [-0.25, -0.2) is 14.2 Å². The van der Waals surface area contributed by atoms with Gasteiger partial charge in [0.25, 0.3) is 11.8 Å². The van der Waals surface area contributed by atoms with Crippen molar-refractivity contribution in [3.8, 4) is 0 Å². The summed E-state index contributed by atoms with van der Waals surface area (Å²) in [6.07, 6.45) is 4.13. The van der Waals surface area contributed by atoms with E-state index in [2.05, 4.69) is 9.97 Å². The van der Waals surface area contributed by atoms with Crippen LogP contribution in [0.4, 0.5) is 4.39 Å². The maximum Gasteiger partial charge on any atom is 0.326 e. The lowest BCUT2D eigenvalue weighted by Gasteiger charge is -2.32. The second kappa shape index (κ2) is 12.4. The van der Waals surface area contributed by atoms with E-state index in [-0.39, 0.29) is 29.4 Å². The van der Waals surface area contributed by atoms with Crippen molar-refractivity contribution in [2.75, 3.05) is 19.6 Å². The van der Waals surface area contributed by atoms with Crippen molar-refractivity contribution in [3.05, 3.63) is 111 Å². The summed E-state index contributed by atoms with van der Waals surface area (Å²) >= 11 is 1.44. The molecule has 0 spiro atoms. The zero-order chi connectivity index (χ0) is 29.9. The molecule has 5 aromatic rings. The lowest BCUT2D eigenvalue weighted by Crippen LogP contribution is -2.40. The average Bonchev–Trinajstić information content (AvgIpc) is 3.75. The lowest BCUT2D eigenvalue weighted by atomic mass is 10.0. The van der Waals surface area contributed by atoms with Gasteiger partial charge in [-0.1, -0.05) is 19.1 Å². The number of rotatable bonds is 9. The van der Waals surface area contributed by atoms with Gasteiger partial charge in [-0.15, -0.1) is 11.3 Å². The molecule has 0 unspecified atom stereocenters. The predicted octanol–water partition coefficient (Wildman–Crippen LogP) is 5.30. The van der Waals surface area contributed by atoms with Gasteiger partial charge in [0.05, 0.1) is 24.1 Å². The Morgan fingerprint density at radius 3 is 2.60 bits per heavy atom. The van der Waals surface area contributed by atoms with Crippen LogP contribution in [-0.4, -0.2) is 60.4 Å². The highest BCUT2D eigenvalue weighted by Crippen LogP contribution is 2.26. The first-order valence-corrected chi connectivity index (χ1v) is 15.4. The second-order valence-corrected chi connectivity index (χ2v) is 11.8. The number of imidazole rings is 1. The Bertz CT molecular complexity index is 1800. The monoisotopic (exact) mass is 600 g/mol. The number of nitrogens with one attached hydrogen (secondary N) is 1. The van der Waals surface area contributed by atoms with Crippen LogP contribution in [0.25, 0.3) is 11.0 Å². The molecule has 0 bridgehead atoms. The predicted molar refractivity (Wildman–Crippen MR) is 164 cm³/mol. The number of amides is 2. The van der Waals surface area contributed by atoms with E-state index in [0.717, 1.165) is 28.2 Å². The summed E-state index contributed by atoms with van der Waals surface area (Å²) in [7, 11) is 0. The van der Waals surface area contributed by atoms with Gasteiger partial charge in [-0.3, -0.25) is 14.2 Å². The van der Waals surface area contributed by atoms with Crippen LogP contribution in [0.5, 0.6) is 0 Å². The molecular weight excluding hydrogens is 567 g/mol. The lowest BCUT2D eigenvalue weighted by molar-refractivity contribution is 0.0688. The molecule has 3 aromatic heterocycles. The third kappa shape index (κ3) is 6.03. The number of nitrogens with zero attached hydrogens (tertiary/aromatic N) is 5. The smallest absolute Gasteiger partial charge is 0.326 e. The summed E-state index contributed by atoms with van der Waals surface area (Å²) in [5, 5.41) is 2.60. The minimum atomic E-state index is -0.375. The number of likely N-dealkylation sites (tertiary alicyclic amines) is 1. The number of halogens is 1. The Labute approximate surface area is 252 Å². The van der Waals surface area contributed by atoms with Crippen molar-refractivity contribution in [1.82, 2.24) is 28.9 Å². The Morgan fingerprint density at radius 2 is 1.84 bits per heavy atom. The summed E-state index contributed by atoms with van der Waals surface area (Å²) in [5.74, 6) is -0.616. The third-order valence-corrected chi connectivity index (χ3v) is 8.80. The number of para-hydroxylation sites is 2. The topological polar surface area (TPSA) is 96.2 Å². The van der Waals surface area contributed by atoms with Gasteiger partial charge in [-0.2, -0.15) is 0 Å². The molecule has 2 amide bonds. The molecule has 43 heavy (non-hydrogen) atoms.